The molecule has 1 saturated heterocycles. The van der Waals surface area contributed by atoms with E-state index in [1.807, 2.05) is 6.92 Å². The van der Waals surface area contributed by atoms with Crippen molar-refractivity contribution in [3.05, 3.63) is 24.0 Å². The molecule has 2 atom stereocenters. The summed E-state index contributed by atoms with van der Waals surface area (Å²) in [4.78, 5) is 18.1. The molecule has 0 radical (unpaired) electrons. The first-order chi connectivity index (χ1) is 8.61. The van der Waals surface area contributed by atoms with Crippen molar-refractivity contribution in [2.24, 2.45) is 5.73 Å². The van der Waals surface area contributed by atoms with Gasteiger partial charge < -0.3 is 15.7 Å². The Labute approximate surface area is 107 Å². The normalized spacial score (nSPS) is 21.7. The molecule has 1 aliphatic heterocycles. The average Bonchev–Trinajstić information content (AvgIpc) is 2.38. The molecule has 18 heavy (non-hydrogen) atoms. The molecule has 1 fully saturated rings. The van der Waals surface area contributed by atoms with Crippen molar-refractivity contribution < 1.29 is 9.90 Å². The standard InChI is InChI=1S/C13H19N3O2/c1-9(14)10-5-2-3-8-16(10)13(18)12-11(17)6-4-7-15-12/h4,6-7,9-10,17H,2-3,5,8,14H2,1H3. The maximum Gasteiger partial charge on any atom is 0.276 e. The first-order valence-corrected chi connectivity index (χ1v) is 6.32. The van der Waals surface area contributed by atoms with Crippen LogP contribution in [-0.4, -0.2) is 39.5 Å². The molecule has 1 aromatic rings. The number of carbonyl (C=O) groups is 1. The third-order valence-electron chi connectivity index (χ3n) is 3.41. The molecule has 0 saturated carbocycles. The first kappa shape index (κ1) is 12.8. The summed E-state index contributed by atoms with van der Waals surface area (Å²) in [5.41, 5.74) is 6.05. The minimum Gasteiger partial charge on any atom is -0.505 e. The largest absolute Gasteiger partial charge is 0.505 e. The molecule has 0 aliphatic carbocycles. The van der Waals surface area contributed by atoms with Gasteiger partial charge in [-0.1, -0.05) is 0 Å². The van der Waals surface area contributed by atoms with Gasteiger partial charge in [-0.15, -0.1) is 0 Å². The van der Waals surface area contributed by atoms with Crippen LogP contribution in [0.5, 0.6) is 5.75 Å². The summed E-state index contributed by atoms with van der Waals surface area (Å²) in [6.45, 7) is 2.59. The monoisotopic (exact) mass is 249 g/mol. The van der Waals surface area contributed by atoms with Crippen LogP contribution >= 0.6 is 0 Å². The van der Waals surface area contributed by atoms with Gasteiger partial charge >= 0.3 is 0 Å². The van der Waals surface area contributed by atoms with E-state index < -0.39 is 0 Å². The minimum atomic E-state index is -0.227. The fourth-order valence-corrected chi connectivity index (χ4v) is 2.45. The molecule has 98 valence electrons. The van der Waals surface area contributed by atoms with E-state index in [9.17, 15) is 9.90 Å². The lowest BCUT2D eigenvalue weighted by atomic mass is 9.96. The molecular weight excluding hydrogens is 230 g/mol. The second kappa shape index (κ2) is 5.35. The summed E-state index contributed by atoms with van der Waals surface area (Å²) in [6, 6.07) is 3.05. The minimum absolute atomic E-state index is 0.0349. The van der Waals surface area contributed by atoms with Crippen LogP contribution in [0.1, 0.15) is 36.7 Å². The van der Waals surface area contributed by atoms with Gasteiger partial charge in [-0.25, -0.2) is 4.98 Å². The summed E-state index contributed by atoms with van der Waals surface area (Å²) in [7, 11) is 0. The molecule has 1 amide bonds. The van der Waals surface area contributed by atoms with Crippen LogP contribution in [0.25, 0.3) is 0 Å². The lowest BCUT2D eigenvalue weighted by molar-refractivity contribution is 0.0574. The van der Waals surface area contributed by atoms with Crippen molar-refractivity contribution in [1.82, 2.24) is 9.88 Å². The number of carbonyl (C=O) groups excluding carboxylic acids is 1. The second-order valence-corrected chi connectivity index (χ2v) is 4.79. The van der Waals surface area contributed by atoms with Crippen molar-refractivity contribution in [2.45, 2.75) is 38.3 Å². The van der Waals surface area contributed by atoms with Crippen molar-refractivity contribution in [3.8, 4) is 5.75 Å². The van der Waals surface area contributed by atoms with Gasteiger partial charge in [0, 0.05) is 24.8 Å². The Morgan fingerprint density at radius 3 is 3.06 bits per heavy atom. The molecular formula is C13H19N3O2. The molecule has 3 N–H and O–H groups in total. The number of aromatic hydroxyl groups is 1. The van der Waals surface area contributed by atoms with Crippen LogP contribution in [0, 0.1) is 0 Å². The smallest absolute Gasteiger partial charge is 0.276 e. The number of hydrogen-bond donors (Lipinski definition) is 2. The van der Waals surface area contributed by atoms with Gasteiger partial charge in [-0.3, -0.25) is 4.79 Å². The predicted molar refractivity (Wildman–Crippen MR) is 68.2 cm³/mol. The molecule has 2 rings (SSSR count). The number of rotatable bonds is 2. The molecule has 5 heteroatoms. The highest BCUT2D eigenvalue weighted by Gasteiger charge is 2.31. The Kier molecular flexibility index (Phi) is 3.81. The predicted octanol–water partition coefficient (Wildman–Crippen LogP) is 1.13. The van der Waals surface area contributed by atoms with E-state index in [4.69, 9.17) is 5.73 Å². The number of piperidine rings is 1. The molecule has 0 spiro atoms. The van der Waals surface area contributed by atoms with E-state index >= 15 is 0 Å². The highest BCUT2D eigenvalue weighted by molar-refractivity contribution is 5.95. The maximum atomic E-state index is 12.4. The zero-order chi connectivity index (χ0) is 13.1. The third-order valence-corrected chi connectivity index (χ3v) is 3.41. The molecule has 1 aromatic heterocycles. The van der Waals surface area contributed by atoms with Crippen LogP contribution in [0.4, 0.5) is 0 Å². The van der Waals surface area contributed by atoms with Gasteiger partial charge in [0.15, 0.2) is 5.69 Å². The quantitative estimate of drug-likeness (QED) is 0.823. The number of nitrogens with zero attached hydrogens (tertiary/aromatic N) is 2. The Balaban J connectivity index is 2.24. The van der Waals surface area contributed by atoms with E-state index in [1.165, 1.54) is 12.3 Å². The fraction of sp³-hybridized carbons (Fsp3) is 0.538. The summed E-state index contributed by atoms with van der Waals surface area (Å²) in [5.74, 6) is -0.299. The van der Waals surface area contributed by atoms with Gasteiger partial charge in [0.05, 0.1) is 0 Å². The highest BCUT2D eigenvalue weighted by Crippen LogP contribution is 2.23. The van der Waals surface area contributed by atoms with Crippen molar-refractivity contribution in [3.63, 3.8) is 0 Å². The van der Waals surface area contributed by atoms with Gasteiger partial charge in [-0.05, 0) is 38.3 Å². The fourth-order valence-electron chi connectivity index (χ4n) is 2.45. The van der Waals surface area contributed by atoms with E-state index in [0.29, 0.717) is 6.54 Å². The van der Waals surface area contributed by atoms with Gasteiger partial charge in [0.25, 0.3) is 5.91 Å². The van der Waals surface area contributed by atoms with Crippen LogP contribution in [0.2, 0.25) is 0 Å². The summed E-state index contributed by atoms with van der Waals surface area (Å²) in [5, 5.41) is 9.70. The first-order valence-electron chi connectivity index (χ1n) is 6.32. The van der Waals surface area contributed by atoms with Gasteiger partial charge in [0.1, 0.15) is 5.75 Å². The number of aromatic nitrogens is 1. The Morgan fingerprint density at radius 1 is 1.61 bits per heavy atom. The molecule has 2 unspecified atom stereocenters. The van der Waals surface area contributed by atoms with E-state index in [2.05, 4.69) is 4.98 Å². The lowest BCUT2D eigenvalue weighted by Crippen LogP contribution is -2.51. The van der Waals surface area contributed by atoms with Crippen LogP contribution < -0.4 is 5.73 Å². The van der Waals surface area contributed by atoms with Crippen LogP contribution in [-0.2, 0) is 0 Å². The summed E-state index contributed by atoms with van der Waals surface area (Å²) in [6.07, 6.45) is 4.49. The number of likely N-dealkylation sites (tertiary alicyclic amines) is 1. The van der Waals surface area contributed by atoms with Crippen LogP contribution in [0.15, 0.2) is 18.3 Å². The molecule has 1 aliphatic rings. The van der Waals surface area contributed by atoms with Gasteiger partial charge in [-0.2, -0.15) is 0 Å². The van der Waals surface area contributed by atoms with Crippen molar-refractivity contribution in [2.75, 3.05) is 6.54 Å². The van der Waals surface area contributed by atoms with Gasteiger partial charge in [0.2, 0.25) is 0 Å². The van der Waals surface area contributed by atoms with E-state index in [-0.39, 0.29) is 29.4 Å². The third kappa shape index (κ3) is 2.46. The van der Waals surface area contributed by atoms with Crippen molar-refractivity contribution in [1.29, 1.82) is 0 Å². The molecule has 5 nitrogen and oxygen atoms in total. The van der Waals surface area contributed by atoms with E-state index in [1.54, 1.807) is 11.0 Å². The van der Waals surface area contributed by atoms with E-state index in [0.717, 1.165) is 19.3 Å². The molecule has 0 aromatic carbocycles. The topological polar surface area (TPSA) is 79.5 Å². The summed E-state index contributed by atoms with van der Waals surface area (Å²) < 4.78 is 0. The van der Waals surface area contributed by atoms with Crippen molar-refractivity contribution >= 4 is 5.91 Å². The summed E-state index contributed by atoms with van der Waals surface area (Å²) >= 11 is 0. The average molecular weight is 249 g/mol. The maximum absolute atomic E-state index is 12.4. The second-order valence-electron chi connectivity index (χ2n) is 4.79. The Bertz CT molecular complexity index is 434. The molecule has 2 heterocycles. The highest BCUT2D eigenvalue weighted by atomic mass is 16.3. The Hall–Kier alpha value is -1.62. The number of hydrogen-bond acceptors (Lipinski definition) is 4. The number of pyridine rings is 1. The number of amides is 1. The zero-order valence-electron chi connectivity index (χ0n) is 10.5. The zero-order valence-corrected chi connectivity index (χ0v) is 10.5. The van der Waals surface area contributed by atoms with Crippen LogP contribution in [0.3, 0.4) is 0 Å². The number of nitrogens with two attached hydrogens (primary N) is 1. The lowest BCUT2D eigenvalue weighted by Gasteiger charge is -2.37. The SMILES string of the molecule is CC(N)C1CCCCN1C(=O)c1ncccc1O. The Morgan fingerprint density at radius 2 is 2.39 bits per heavy atom. The molecule has 0 bridgehead atoms.